The Morgan fingerprint density at radius 1 is 0.939 bits per heavy atom. The number of aromatic nitrogens is 6. The first-order valence-corrected chi connectivity index (χ1v) is 10.4. The molecule has 0 fully saturated rings. The molecule has 0 aliphatic carbocycles. The van der Waals surface area contributed by atoms with Gasteiger partial charge in [-0.05, 0) is 46.2 Å². The molecule has 0 unspecified atom stereocenters. The molecule has 0 amide bonds. The number of halogens is 2. The molecule has 33 heavy (non-hydrogen) atoms. The second-order valence-electron chi connectivity index (χ2n) is 6.53. The monoisotopic (exact) mass is 497 g/mol. The highest BCUT2D eigenvalue weighted by atomic mass is 35.5. The zero-order valence-electron chi connectivity index (χ0n) is 18.5. The lowest BCUT2D eigenvalue weighted by Crippen LogP contribution is -2.25. The summed E-state index contributed by atoms with van der Waals surface area (Å²) in [5.74, 6) is 1.39. The van der Waals surface area contributed by atoms with Crippen molar-refractivity contribution in [2.75, 3.05) is 18.0 Å². The minimum absolute atomic E-state index is 0.0907. The van der Waals surface area contributed by atoms with Gasteiger partial charge in [0.15, 0.2) is 0 Å². The molecule has 0 bridgehead atoms. The van der Waals surface area contributed by atoms with Gasteiger partial charge in [-0.3, -0.25) is 24.8 Å². The van der Waals surface area contributed by atoms with Crippen LogP contribution in [0.25, 0.3) is 5.82 Å². The van der Waals surface area contributed by atoms with Crippen LogP contribution in [0.15, 0.2) is 12.4 Å². The average Bonchev–Trinajstić information content (AvgIpc) is 3.13. The Kier molecular flexibility index (Phi) is 8.54. The smallest absolute Gasteiger partial charge is 0.333 e. The number of aryl methyl sites for hydroxylation is 3. The van der Waals surface area contributed by atoms with Gasteiger partial charge in [-0.1, -0.05) is 11.6 Å². The fourth-order valence-electron chi connectivity index (χ4n) is 2.88. The maximum Gasteiger partial charge on any atom is 0.333 e. The van der Waals surface area contributed by atoms with E-state index in [-0.39, 0.29) is 33.3 Å². The summed E-state index contributed by atoms with van der Waals surface area (Å²) in [7, 11) is 0. The molecule has 0 atom stereocenters. The third-order valence-electron chi connectivity index (χ3n) is 4.48. The van der Waals surface area contributed by atoms with Gasteiger partial charge in [-0.25, -0.2) is 15.0 Å². The normalized spacial score (nSPS) is 10.4. The predicted molar refractivity (Wildman–Crippen MR) is 122 cm³/mol. The van der Waals surface area contributed by atoms with E-state index in [1.165, 1.54) is 6.92 Å². The molecule has 0 N–H and O–H groups in total. The maximum atomic E-state index is 11.3. The highest BCUT2D eigenvalue weighted by Crippen LogP contribution is 2.27. The van der Waals surface area contributed by atoms with E-state index in [4.69, 9.17) is 23.2 Å². The van der Waals surface area contributed by atoms with Gasteiger partial charge >= 0.3 is 11.4 Å². The molecule has 0 aromatic carbocycles. The number of imidazole rings is 1. The Hall–Kier alpha value is -3.45. The summed E-state index contributed by atoms with van der Waals surface area (Å²) in [5, 5.41) is 21.4. The lowest BCUT2D eigenvalue weighted by Gasteiger charge is -2.19. The molecule has 0 aliphatic rings. The van der Waals surface area contributed by atoms with E-state index in [9.17, 15) is 20.2 Å². The van der Waals surface area contributed by atoms with E-state index in [2.05, 4.69) is 24.9 Å². The van der Waals surface area contributed by atoms with Crippen LogP contribution in [0.1, 0.15) is 31.1 Å². The Balaban J connectivity index is 0.000000273. The van der Waals surface area contributed by atoms with Crippen molar-refractivity contribution in [1.29, 1.82) is 0 Å². The van der Waals surface area contributed by atoms with Gasteiger partial charge in [0.2, 0.25) is 22.2 Å². The van der Waals surface area contributed by atoms with Crippen molar-refractivity contribution in [2.24, 2.45) is 0 Å². The zero-order valence-corrected chi connectivity index (χ0v) is 20.0. The Bertz CT molecular complexity index is 1160. The quantitative estimate of drug-likeness (QED) is 0.210. The van der Waals surface area contributed by atoms with Crippen molar-refractivity contribution in [1.82, 2.24) is 29.5 Å². The van der Waals surface area contributed by atoms with Crippen molar-refractivity contribution in [3.05, 3.63) is 60.3 Å². The SMILES string of the molecule is CCN(CC)c1nc(C)c([N+](=O)[O-])c(-n2ccnc2C)n1.Cc1nc(Cl)nc(Cl)c1[N+](=O)[O-]. The largest absolute Gasteiger partial charge is 0.341 e. The highest BCUT2D eigenvalue weighted by molar-refractivity contribution is 6.33. The fraction of sp³-hybridized carbons (Fsp3) is 0.389. The second kappa shape index (κ2) is 10.9. The molecule has 176 valence electrons. The molecular weight excluding hydrogens is 477 g/mol. The van der Waals surface area contributed by atoms with Crippen LogP contribution >= 0.6 is 23.2 Å². The van der Waals surface area contributed by atoms with Crippen molar-refractivity contribution >= 4 is 40.5 Å². The first kappa shape index (κ1) is 25.8. The molecule has 13 nitrogen and oxygen atoms in total. The van der Waals surface area contributed by atoms with E-state index >= 15 is 0 Å². The first-order valence-electron chi connectivity index (χ1n) is 9.64. The topological polar surface area (TPSA) is 159 Å². The van der Waals surface area contributed by atoms with Crippen molar-refractivity contribution in [2.45, 2.75) is 34.6 Å². The van der Waals surface area contributed by atoms with E-state index in [0.717, 1.165) is 13.1 Å². The summed E-state index contributed by atoms with van der Waals surface area (Å²) in [6.07, 6.45) is 3.25. The van der Waals surface area contributed by atoms with Crippen LogP contribution in [-0.2, 0) is 0 Å². The molecule has 3 aromatic heterocycles. The molecule has 0 saturated carbocycles. The summed E-state index contributed by atoms with van der Waals surface area (Å²) in [5.41, 5.74) is 0.109. The lowest BCUT2D eigenvalue weighted by atomic mass is 10.3. The van der Waals surface area contributed by atoms with Crippen molar-refractivity contribution in [3.63, 3.8) is 0 Å². The summed E-state index contributed by atoms with van der Waals surface area (Å²) < 4.78 is 1.61. The number of anilines is 1. The van der Waals surface area contributed by atoms with E-state index in [1.807, 2.05) is 18.7 Å². The number of rotatable bonds is 6. The van der Waals surface area contributed by atoms with Gasteiger partial charge < -0.3 is 4.90 Å². The van der Waals surface area contributed by atoms with E-state index in [1.54, 1.807) is 30.8 Å². The van der Waals surface area contributed by atoms with Crippen LogP contribution in [-0.4, -0.2) is 52.4 Å². The second-order valence-corrected chi connectivity index (χ2v) is 7.23. The van der Waals surface area contributed by atoms with Crippen LogP contribution in [0, 0.1) is 41.0 Å². The van der Waals surface area contributed by atoms with Gasteiger partial charge in [0.25, 0.3) is 0 Å². The third-order valence-corrected chi connectivity index (χ3v) is 4.91. The Labute approximate surface area is 198 Å². The number of hydrogen-bond donors (Lipinski definition) is 0. The third kappa shape index (κ3) is 5.87. The van der Waals surface area contributed by atoms with Gasteiger partial charge in [0, 0.05) is 25.5 Å². The molecule has 0 saturated heterocycles. The molecule has 3 aromatic rings. The van der Waals surface area contributed by atoms with E-state index < -0.39 is 9.85 Å². The molecule has 0 spiro atoms. The zero-order chi connectivity index (χ0) is 24.9. The Morgan fingerprint density at radius 2 is 1.52 bits per heavy atom. The van der Waals surface area contributed by atoms with E-state index in [0.29, 0.717) is 17.5 Å². The minimum atomic E-state index is -0.645. The minimum Gasteiger partial charge on any atom is -0.341 e. The predicted octanol–water partition coefficient (Wildman–Crippen LogP) is 4.03. The van der Waals surface area contributed by atoms with Gasteiger partial charge in [0.05, 0.1) is 9.85 Å². The molecule has 0 radical (unpaired) electrons. The first-order chi connectivity index (χ1) is 15.5. The summed E-state index contributed by atoms with van der Waals surface area (Å²) in [6, 6.07) is 0. The lowest BCUT2D eigenvalue weighted by molar-refractivity contribution is -0.386. The van der Waals surface area contributed by atoms with Crippen LogP contribution < -0.4 is 4.90 Å². The molecule has 3 rings (SSSR count). The van der Waals surface area contributed by atoms with Gasteiger partial charge in [0.1, 0.15) is 17.2 Å². The maximum absolute atomic E-state index is 11.3. The molecule has 15 heteroatoms. The van der Waals surface area contributed by atoms with Crippen molar-refractivity contribution < 1.29 is 9.85 Å². The standard InChI is InChI=1S/C13H18N6O2.C5H3Cl2N3O2/c1-5-17(6-2)13-15-9(3)11(19(20)21)12(16-13)18-8-7-14-10(18)4;1-2-3(10(11)12)4(6)9-5(7)8-2/h7-8H,5-6H2,1-4H3;1H3. The average molecular weight is 498 g/mol. The van der Waals surface area contributed by atoms with Crippen LogP contribution in [0.3, 0.4) is 0 Å². The number of hydrogen-bond acceptors (Lipinski definition) is 10. The summed E-state index contributed by atoms with van der Waals surface area (Å²) in [4.78, 5) is 42.4. The van der Waals surface area contributed by atoms with Crippen LogP contribution in [0.4, 0.5) is 17.3 Å². The van der Waals surface area contributed by atoms with Gasteiger partial charge in [-0.2, -0.15) is 9.97 Å². The Morgan fingerprint density at radius 3 is 1.97 bits per heavy atom. The van der Waals surface area contributed by atoms with Crippen LogP contribution in [0.2, 0.25) is 10.4 Å². The molecular formula is C18H21Cl2N9O4. The molecule has 0 aliphatic heterocycles. The number of nitrogens with zero attached hydrogens (tertiary/aromatic N) is 9. The van der Waals surface area contributed by atoms with Crippen LogP contribution in [0.5, 0.6) is 0 Å². The summed E-state index contributed by atoms with van der Waals surface area (Å²) >= 11 is 10.9. The highest BCUT2D eigenvalue weighted by Gasteiger charge is 2.25. The van der Waals surface area contributed by atoms with Gasteiger partial charge in [-0.15, -0.1) is 0 Å². The number of nitro groups is 2. The summed E-state index contributed by atoms with van der Waals surface area (Å²) in [6.45, 7) is 10.3. The fourth-order valence-corrected chi connectivity index (χ4v) is 3.42. The van der Waals surface area contributed by atoms with Crippen molar-refractivity contribution in [3.8, 4) is 5.82 Å². The molecule has 3 heterocycles.